The molecule has 0 heterocycles. The van der Waals surface area contributed by atoms with E-state index in [1.807, 2.05) is 0 Å². The Morgan fingerprint density at radius 1 is 1.55 bits per heavy atom. The standard InChI is InChI=1S/C4H5Cl3N2O2/c1-2(10)11-9-3(8)4(5,6)7/h1H3,(H2,8,9). The minimum atomic E-state index is -1.84. The first kappa shape index (κ1) is 10.8. The molecule has 0 radical (unpaired) electrons. The molecule has 0 bridgehead atoms. The fourth-order valence-electron chi connectivity index (χ4n) is 0.165. The Bertz CT molecular complexity index is 186. The number of rotatable bonds is 1. The van der Waals surface area contributed by atoms with E-state index in [-0.39, 0.29) is 0 Å². The Hall–Kier alpha value is -0.190. The zero-order valence-electron chi connectivity index (χ0n) is 5.47. The van der Waals surface area contributed by atoms with Crippen molar-refractivity contribution in [1.29, 1.82) is 0 Å². The normalized spacial score (nSPS) is 12.9. The monoisotopic (exact) mass is 218 g/mol. The maximum atomic E-state index is 10.2. The lowest BCUT2D eigenvalue weighted by Gasteiger charge is -2.07. The van der Waals surface area contributed by atoms with Crippen LogP contribution >= 0.6 is 34.8 Å². The third-order valence-electron chi connectivity index (χ3n) is 0.563. The largest absolute Gasteiger partial charge is 0.381 e. The Morgan fingerprint density at radius 2 is 2.00 bits per heavy atom. The number of carbonyl (C=O) groups excluding carboxylic acids is 1. The van der Waals surface area contributed by atoms with Gasteiger partial charge in [0.25, 0.3) is 3.79 Å². The van der Waals surface area contributed by atoms with Crippen LogP contribution in [0.5, 0.6) is 0 Å². The molecule has 0 atom stereocenters. The number of carbonyl (C=O) groups is 1. The highest BCUT2D eigenvalue weighted by Crippen LogP contribution is 2.25. The third kappa shape index (κ3) is 5.12. The molecule has 0 rings (SSSR count). The summed E-state index contributed by atoms with van der Waals surface area (Å²) in [6.07, 6.45) is 0. The third-order valence-corrected chi connectivity index (χ3v) is 1.14. The molecule has 4 nitrogen and oxygen atoms in total. The van der Waals surface area contributed by atoms with Crippen LogP contribution in [0.25, 0.3) is 0 Å². The van der Waals surface area contributed by atoms with Gasteiger partial charge in [-0.2, -0.15) is 0 Å². The maximum absolute atomic E-state index is 10.2. The Kier molecular flexibility index (Phi) is 3.92. The first-order valence-electron chi connectivity index (χ1n) is 2.42. The number of hydrogen-bond donors (Lipinski definition) is 1. The Morgan fingerprint density at radius 3 is 2.27 bits per heavy atom. The summed E-state index contributed by atoms with van der Waals surface area (Å²) in [6.45, 7) is 1.15. The topological polar surface area (TPSA) is 64.7 Å². The van der Waals surface area contributed by atoms with Crippen molar-refractivity contribution >= 4 is 46.6 Å². The lowest BCUT2D eigenvalue weighted by Crippen LogP contribution is -2.28. The van der Waals surface area contributed by atoms with Gasteiger partial charge in [0.15, 0.2) is 5.84 Å². The first-order chi connectivity index (χ1) is 4.84. The molecule has 0 aliphatic heterocycles. The molecule has 7 heteroatoms. The minimum Gasteiger partial charge on any atom is -0.381 e. The predicted molar refractivity (Wildman–Crippen MR) is 43.7 cm³/mol. The molecular formula is C4H5Cl3N2O2. The highest BCUT2D eigenvalue weighted by Gasteiger charge is 2.26. The maximum Gasteiger partial charge on any atom is 0.332 e. The number of oxime groups is 1. The molecular weight excluding hydrogens is 214 g/mol. The van der Waals surface area contributed by atoms with Gasteiger partial charge in [-0.25, -0.2) is 4.79 Å². The van der Waals surface area contributed by atoms with Crippen LogP contribution < -0.4 is 5.73 Å². The van der Waals surface area contributed by atoms with Crippen molar-refractivity contribution in [3.05, 3.63) is 0 Å². The number of nitrogens with zero attached hydrogens (tertiary/aromatic N) is 1. The van der Waals surface area contributed by atoms with Gasteiger partial charge in [-0.1, -0.05) is 40.0 Å². The van der Waals surface area contributed by atoms with E-state index in [1.165, 1.54) is 0 Å². The summed E-state index contributed by atoms with van der Waals surface area (Å²) in [6, 6.07) is 0. The molecule has 0 spiro atoms. The van der Waals surface area contributed by atoms with Crippen LogP contribution in [0.15, 0.2) is 5.16 Å². The van der Waals surface area contributed by atoms with Gasteiger partial charge in [0, 0.05) is 6.92 Å². The van der Waals surface area contributed by atoms with Crippen molar-refractivity contribution in [2.24, 2.45) is 10.9 Å². The van der Waals surface area contributed by atoms with Crippen LogP contribution in [0.1, 0.15) is 6.92 Å². The molecule has 0 fully saturated rings. The molecule has 64 valence electrons. The van der Waals surface area contributed by atoms with E-state index < -0.39 is 15.6 Å². The number of hydrogen-bond acceptors (Lipinski definition) is 3. The molecule has 0 unspecified atom stereocenters. The molecule has 11 heavy (non-hydrogen) atoms. The van der Waals surface area contributed by atoms with Gasteiger partial charge in [0.05, 0.1) is 0 Å². The summed E-state index contributed by atoms with van der Waals surface area (Å²) in [5.74, 6) is -1.03. The van der Waals surface area contributed by atoms with Crippen molar-refractivity contribution in [3.63, 3.8) is 0 Å². The summed E-state index contributed by atoms with van der Waals surface area (Å²) in [5.41, 5.74) is 5.08. The van der Waals surface area contributed by atoms with Crippen LogP contribution in [0.3, 0.4) is 0 Å². The van der Waals surface area contributed by atoms with Gasteiger partial charge in [-0.05, 0) is 0 Å². The van der Waals surface area contributed by atoms with E-state index in [9.17, 15) is 4.79 Å². The van der Waals surface area contributed by atoms with Crippen molar-refractivity contribution in [2.75, 3.05) is 0 Å². The SMILES string of the molecule is CC(=O)O/N=C(\N)C(Cl)(Cl)Cl. The van der Waals surface area contributed by atoms with Crippen LogP contribution in [0, 0.1) is 0 Å². The Labute approximate surface area is 78.2 Å². The summed E-state index contributed by atoms with van der Waals surface area (Å²) < 4.78 is -1.84. The zero-order chi connectivity index (χ0) is 9.07. The average Bonchev–Trinajstić information content (AvgIpc) is 1.80. The predicted octanol–water partition coefficient (Wildman–Crippen LogP) is 1.19. The number of nitrogens with two attached hydrogens (primary N) is 1. The summed E-state index contributed by atoms with van der Waals surface area (Å²) in [4.78, 5) is 14.3. The second-order valence-corrected chi connectivity index (χ2v) is 3.84. The summed E-state index contributed by atoms with van der Waals surface area (Å²) in [7, 11) is 0. The lowest BCUT2D eigenvalue weighted by atomic mass is 10.7. The van der Waals surface area contributed by atoms with E-state index in [4.69, 9.17) is 40.5 Å². The highest BCUT2D eigenvalue weighted by molar-refractivity contribution is 6.76. The molecule has 0 saturated heterocycles. The van der Waals surface area contributed by atoms with Gasteiger partial charge in [-0.3, -0.25) is 0 Å². The van der Waals surface area contributed by atoms with Gasteiger partial charge in [0.2, 0.25) is 0 Å². The molecule has 0 aromatic carbocycles. The van der Waals surface area contributed by atoms with Crippen molar-refractivity contribution in [2.45, 2.75) is 10.7 Å². The van der Waals surface area contributed by atoms with Gasteiger partial charge < -0.3 is 10.6 Å². The van der Waals surface area contributed by atoms with Crippen LogP contribution in [0.2, 0.25) is 0 Å². The smallest absolute Gasteiger partial charge is 0.332 e. The molecule has 0 amide bonds. The quantitative estimate of drug-likeness (QED) is 0.237. The highest BCUT2D eigenvalue weighted by atomic mass is 35.6. The zero-order valence-corrected chi connectivity index (χ0v) is 7.74. The molecule has 0 saturated carbocycles. The summed E-state index contributed by atoms with van der Waals surface area (Å²) in [5, 5.41) is 3.04. The van der Waals surface area contributed by atoms with E-state index in [0.29, 0.717) is 0 Å². The fourth-order valence-corrected chi connectivity index (χ4v) is 0.269. The number of halogens is 3. The van der Waals surface area contributed by atoms with Crippen LogP contribution in [-0.4, -0.2) is 15.6 Å². The minimum absolute atomic E-state index is 0.391. The number of alkyl halides is 3. The molecule has 0 aromatic heterocycles. The van der Waals surface area contributed by atoms with Crippen molar-refractivity contribution < 1.29 is 9.63 Å². The van der Waals surface area contributed by atoms with E-state index >= 15 is 0 Å². The van der Waals surface area contributed by atoms with Gasteiger partial charge in [-0.15, -0.1) is 0 Å². The van der Waals surface area contributed by atoms with Crippen LogP contribution in [-0.2, 0) is 9.63 Å². The first-order valence-corrected chi connectivity index (χ1v) is 3.55. The second kappa shape index (κ2) is 3.99. The van der Waals surface area contributed by atoms with Gasteiger partial charge in [0.1, 0.15) is 0 Å². The molecule has 0 aliphatic carbocycles. The van der Waals surface area contributed by atoms with E-state index in [1.54, 1.807) is 0 Å². The van der Waals surface area contributed by atoms with E-state index in [2.05, 4.69) is 9.99 Å². The van der Waals surface area contributed by atoms with Crippen molar-refractivity contribution in [1.82, 2.24) is 0 Å². The lowest BCUT2D eigenvalue weighted by molar-refractivity contribution is -0.140. The molecule has 2 N–H and O–H groups in total. The van der Waals surface area contributed by atoms with Crippen LogP contribution in [0.4, 0.5) is 0 Å². The number of amidine groups is 1. The molecule has 0 aromatic rings. The van der Waals surface area contributed by atoms with E-state index in [0.717, 1.165) is 6.92 Å². The fraction of sp³-hybridized carbons (Fsp3) is 0.500. The van der Waals surface area contributed by atoms with Gasteiger partial charge >= 0.3 is 5.97 Å². The average molecular weight is 219 g/mol. The van der Waals surface area contributed by atoms with Crippen molar-refractivity contribution in [3.8, 4) is 0 Å². The Balaban J connectivity index is 4.12. The second-order valence-electron chi connectivity index (χ2n) is 1.56. The summed E-state index contributed by atoms with van der Waals surface area (Å²) >= 11 is 15.8. The molecule has 0 aliphatic rings.